The summed E-state index contributed by atoms with van der Waals surface area (Å²) in [5.74, 6) is -0.547. The molecule has 268 valence electrons. The van der Waals surface area contributed by atoms with Gasteiger partial charge in [-0.05, 0) is 74.2 Å². The standard InChI is InChI=1S/C41H36N10O3/c1-23(50-15-11-25-7-9-27(17-33(25)50)31-21-46-40(42)35(48-31)38(53)29-5-3-13-44-19-29)37(52)24(2)51-16-12-26-8-10-28(18-34(26)51)32-22-47-41(43)36(49-32)39(54)30-6-4-14-45-20-30/h3-10,13-14,17-24H,11-12,15-16H2,1-2H3,(H2,42,46)(H2,43,47). The molecule has 2 aliphatic heterocycles. The SMILES string of the molecule is CC(C(=O)C(C)N1CCc2ccc(-c3cnc(N)c(C(=O)c4cccnc4)n3)cc21)N1CCc2ccc(-c3cnc(N)c(C(=O)c4cccnc4)n3)cc21. The van der Waals surface area contributed by atoms with Crippen molar-refractivity contribution in [1.29, 1.82) is 0 Å². The number of pyridine rings is 2. The van der Waals surface area contributed by atoms with Crippen LogP contribution in [0.2, 0.25) is 0 Å². The Morgan fingerprint density at radius 3 is 1.48 bits per heavy atom. The Labute approximate surface area is 311 Å². The molecule has 0 aliphatic carbocycles. The Balaban J connectivity index is 1.03. The number of hydrogen-bond acceptors (Lipinski definition) is 13. The van der Waals surface area contributed by atoms with Gasteiger partial charge in [-0.2, -0.15) is 0 Å². The zero-order valence-electron chi connectivity index (χ0n) is 29.7. The first-order chi connectivity index (χ1) is 26.2. The number of carbonyl (C=O) groups is 3. The van der Waals surface area contributed by atoms with E-state index in [1.54, 1.807) is 49.1 Å². The fraction of sp³-hybridized carbons (Fsp3) is 0.195. The summed E-state index contributed by atoms with van der Waals surface area (Å²) in [7, 11) is 0. The summed E-state index contributed by atoms with van der Waals surface area (Å²) in [5, 5.41) is 0. The van der Waals surface area contributed by atoms with Gasteiger partial charge in [-0.1, -0.05) is 24.3 Å². The first-order valence-electron chi connectivity index (χ1n) is 17.7. The Bertz CT molecular complexity index is 2270. The van der Waals surface area contributed by atoms with Crippen molar-refractivity contribution in [3.8, 4) is 22.5 Å². The van der Waals surface area contributed by atoms with Gasteiger partial charge in [0.15, 0.2) is 28.8 Å². The third-order valence-corrected chi connectivity index (χ3v) is 10.3. The van der Waals surface area contributed by atoms with E-state index in [9.17, 15) is 14.4 Å². The molecule has 0 radical (unpaired) electrons. The van der Waals surface area contributed by atoms with Crippen LogP contribution >= 0.6 is 0 Å². The number of ketones is 3. The molecule has 0 spiro atoms. The molecule has 54 heavy (non-hydrogen) atoms. The smallest absolute Gasteiger partial charge is 0.216 e. The largest absolute Gasteiger partial charge is 0.382 e. The minimum absolute atomic E-state index is 0.0428. The predicted octanol–water partition coefficient (Wildman–Crippen LogP) is 4.79. The summed E-state index contributed by atoms with van der Waals surface area (Å²) < 4.78 is 0. The Hall–Kier alpha value is -6.89. The lowest BCUT2D eigenvalue weighted by molar-refractivity contribution is -0.121. The van der Waals surface area contributed by atoms with E-state index in [2.05, 4.69) is 39.7 Å². The molecular weight excluding hydrogens is 681 g/mol. The van der Waals surface area contributed by atoms with Crippen molar-refractivity contribution in [2.45, 2.75) is 38.8 Å². The maximum Gasteiger partial charge on any atom is 0.216 e. The Morgan fingerprint density at radius 1 is 0.630 bits per heavy atom. The van der Waals surface area contributed by atoms with Gasteiger partial charge >= 0.3 is 0 Å². The number of fused-ring (bicyclic) bond motifs is 2. The summed E-state index contributed by atoms with van der Waals surface area (Å²) in [6.07, 6.45) is 10.8. The molecule has 2 unspecified atom stereocenters. The van der Waals surface area contributed by atoms with Crippen molar-refractivity contribution in [3.05, 3.63) is 131 Å². The highest BCUT2D eigenvalue weighted by molar-refractivity contribution is 6.11. The van der Waals surface area contributed by atoms with Crippen LogP contribution in [0.4, 0.5) is 23.0 Å². The van der Waals surface area contributed by atoms with Gasteiger partial charge in [-0.25, -0.2) is 19.9 Å². The minimum Gasteiger partial charge on any atom is -0.382 e. The van der Waals surface area contributed by atoms with Gasteiger partial charge in [-0.3, -0.25) is 24.4 Å². The van der Waals surface area contributed by atoms with E-state index in [1.165, 1.54) is 12.4 Å². The third kappa shape index (κ3) is 6.19. The maximum atomic E-state index is 14.3. The molecule has 0 bridgehead atoms. The van der Waals surface area contributed by atoms with Crippen LogP contribution in [0.5, 0.6) is 0 Å². The highest BCUT2D eigenvalue weighted by Crippen LogP contribution is 2.37. The number of nitrogens with zero attached hydrogens (tertiary/aromatic N) is 8. The van der Waals surface area contributed by atoms with Crippen LogP contribution in [0.25, 0.3) is 22.5 Å². The minimum atomic E-state index is -0.423. The molecule has 4 aromatic heterocycles. The van der Waals surface area contributed by atoms with Crippen LogP contribution in [0.3, 0.4) is 0 Å². The third-order valence-electron chi connectivity index (χ3n) is 10.3. The lowest BCUT2D eigenvalue weighted by Gasteiger charge is -2.33. The Kier molecular flexibility index (Phi) is 8.82. The highest BCUT2D eigenvalue weighted by atomic mass is 16.1. The number of carbonyl (C=O) groups excluding carboxylic acids is 3. The number of nitrogens with two attached hydrogens (primary N) is 2. The van der Waals surface area contributed by atoms with E-state index in [1.807, 2.05) is 50.2 Å². The Morgan fingerprint density at radius 2 is 1.07 bits per heavy atom. The molecule has 0 amide bonds. The molecule has 0 saturated carbocycles. The monoisotopic (exact) mass is 716 g/mol. The van der Waals surface area contributed by atoms with Crippen molar-refractivity contribution < 1.29 is 14.4 Å². The number of nitrogen functional groups attached to an aromatic ring is 2. The van der Waals surface area contributed by atoms with Crippen molar-refractivity contribution >= 4 is 40.4 Å². The topological polar surface area (TPSA) is 187 Å². The summed E-state index contributed by atoms with van der Waals surface area (Å²) in [6, 6.07) is 17.8. The number of Topliss-reactive ketones (excluding diaryl/α,β-unsaturated/α-hetero) is 1. The van der Waals surface area contributed by atoms with Gasteiger partial charge in [0.25, 0.3) is 0 Å². The van der Waals surface area contributed by atoms with E-state index in [4.69, 9.17) is 11.5 Å². The first kappa shape index (κ1) is 34.2. The molecule has 2 aromatic carbocycles. The normalized spacial score (nSPS) is 14.3. The zero-order chi connectivity index (χ0) is 37.5. The van der Waals surface area contributed by atoms with E-state index < -0.39 is 12.1 Å². The number of benzene rings is 2. The molecule has 13 heteroatoms. The number of rotatable bonds is 10. The van der Waals surface area contributed by atoms with Crippen LogP contribution in [0.15, 0.2) is 97.8 Å². The number of hydrogen-bond donors (Lipinski definition) is 2. The van der Waals surface area contributed by atoms with Crippen molar-refractivity contribution in [2.24, 2.45) is 0 Å². The second kappa shape index (κ2) is 13.9. The molecule has 0 saturated heterocycles. The van der Waals surface area contributed by atoms with Crippen LogP contribution in [-0.2, 0) is 17.6 Å². The van der Waals surface area contributed by atoms with Gasteiger partial charge < -0.3 is 21.3 Å². The summed E-state index contributed by atoms with van der Waals surface area (Å²) in [5.41, 5.74) is 19.7. The van der Waals surface area contributed by atoms with Gasteiger partial charge in [0.05, 0.1) is 35.9 Å². The predicted molar refractivity (Wildman–Crippen MR) is 205 cm³/mol. The lowest BCUT2D eigenvalue weighted by Crippen LogP contribution is -2.48. The zero-order valence-corrected chi connectivity index (χ0v) is 29.7. The highest BCUT2D eigenvalue weighted by Gasteiger charge is 2.35. The molecule has 0 fully saturated rings. The molecule has 6 aromatic rings. The van der Waals surface area contributed by atoms with Crippen LogP contribution in [-0.4, -0.2) is 72.4 Å². The van der Waals surface area contributed by atoms with E-state index in [-0.39, 0.29) is 40.4 Å². The lowest BCUT2D eigenvalue weighted by atomic mass is 10.0. The van der Waals surface area contributed by atoms with Gasteiger partial charge in [0.1, 0.15) is 0 Å². The van der Waals surface area contributed by atoms with Crippen molar-refractivity contribution in [3.63, 3.8) is 0 Å². The molecule has 2 aliphatic rings. The quantitative estimate of drug-likeness (QED) is 0.185. The first-order valence-corrected chi connectivity index (χ1v) is 17.7. The summed E-state index contributed by atoms with van der Waals surface area (Å²) in [6.45, 7) is 5.28. The van der Waals surface area contributed by atoms with Crippen molar-refractivity contribution in [2.75, 3.05) is 34.4 Å². The van der Waals surface area contributed by atoms with Crippen LogP contribution < -0.4 is 21.3 Å². The molecule has 2 atom stereocenters. The van der Waals surface area contributed by atoms with Crippen LogP contribution in [0, 0.1) is 0 Å². The molecule has 13 nitrogen and oxygen atoms in total. The maximum absolute atomic E-state index is 14.3. The van der Waals surface area contributed by atoms with Gasteiger partial charge in [0.2, 0.25) is 11.6 Å². The molecular formula is C41H36N10O3. The molecule has 4 N–H and O–H groups in total. The van der Waals surface area contributed by atoms with Crippen LogP contribution in [0.1, 0.15) is 57.1 Å². The number of anilines is 4. The summed E-state index contributed by atoms with van der Waals surface area (Å²) >= 11 is 0. The number of aromatic nitrogens is 6. The second-order valence-electron chi connectivity index (χ2n) is 13.4. The van der Waals surface area contributed by atoms with E-state index in [0.717, 1.165) is 46.5 Å². The average molecular weight is 717 g/mol. The second-order valence-corrected chi connectivity index (χ2v) is 13.4. The fourth-order valence-electron chi connectivity index (χ4n) is 7.26. The molecule has 6 heterocycles. The molecule has 8 rings (SSSR count). The van der Waals surface area contributed by atoms with E-state index >= 15 is 0 Å². The van der Waals surface area contributed by atoms with Crippen molar-refractivity contribution in [1.82, 2.24) is 29.9 Å². The fourth-order valence-corrected chi connectivity index (χ4v) is 7.26. The average Bonchev–Trinajstić information content (AvgIpc) is 3.84. The van der Waals surface area contributed by atoms with E-state index in [0.29, 0.717) is 35.6 Å². The summed E-state index contributed by atoms with van der Waals surface area (Å²) in [4.78, 5) is 70.9. The van der Waals surface area contributed by atoms with Gasteiger partial charge in [0, 0.05) is 71.5 Å². The van der Waals surface area contributed by atoms with Gasteiger partial charge in [-0.15, -0.1) is 0 Å².